The van der Waals surface area contributed by atoms with Gasteiger partial charge < -0.3 is 10.1 Å². The molecule has 3 nitrogen and oxygen atoms in total. The van der Waals surface area contributed by atoms with Crippen molar-refractivity contribution in [2.75, 3.05) is 6.54 Å². The van der Waals surface area contributed by atoms with Gasteiger partial charge in [-0.1, -0.05) is 17.7 Å². The molecule has 1 N–H and O–H groups in total. The molecule has 120 valence electrons. The first-order valence-electron chi connectivity index (χ1n) is 8.17. The third kappa shape index (κ3) is 4.36. The van der Waals surface area contributed by atoms with Gasteiger partial charge in [0.2, 0.25) is 0 Å². The molecule has 0 aromatic heterocycles. The lowest BCUT2D eigenvalue weighted by atomic mass is 10.00. The van der Waals surface area contributed by atoms with Crippen LogP contribution in [-0.4, -0.2) is 18.6 Å². The first-order chi connectivity index (χ1) is 10.5. The van der Waals surface area contributed by atoms with Crippen molar-refractivity contribution >= 4 is 5.91 Å². The Balaban J connectivity index is 1.92. The van der Waals surface area contributed by atoms with E-state index in [9.17, 15) is 4.79 Å². The van der Waals surface area contributed by atoms with Gasteiger partial charge >= 0.3 is 0 Å². The number of amides is 1. The summed E-state index contributed by atoms with van der Waals surface area (Å²) in [6.07, 6.45) is 6.51. The zero-order chi connectivity index (χ0) is 16.1. The summed E-state index contributed by atoms with van der Waals surface area (Å²) in [6.45, 7) is 8.59. The second-order valence-electron chi connectivity index (χ2n) is 6.29. The first kappa shape index (κ1) is 16.6. The van der Waals surface area contributed by atoms with Crippen molar-refractivity contribution in [3.05, 3.63) is 40.5 Å². The molecule has 1 amide bonds. The maximum atomic E-state index is 12.2. The molecule has 0 saturated carbocycles. The number of ether oxygens (including phenoxy) is 1. The molecule has 0 heterocycles. The number of allylic oxidation sites excluding steroid dienone is 1. The summed E-state index contributed by atoms with van der Waals surface area (Å²) < 4.78 is 5.88. The van der Waals surface area contributed by atoms with Crippen molar-refractivity contribution in [2.45, 2.75) is 59.5 Å². The Labute approximate surface area is 133 Å². The second-order valence-corrected chi connectivity index (χ2v) is 6.29. The quantitative estimate of drug-likeness (QED) is 0.835. The summed E-state index contributed by atoms with van der Waals surface area (Å²) in [6, 6.07) is 4.12. The molecule has 1 atom stereocenters. The summed E-state index contributed by atoms with van der Waals surface area (Å²) in [7, 11) is 0. The van der Waals surface area contributed by atoms with Crippen molar-refractivity contribution in [3.8, 4) is 5.75 Å². The van der Waals surface area contributed by atoms with E-state index in [2.05, 4.69) is 24.4 Å². The summed E-state index contributed by atoms with van der Waals surface area (Å²) in [4.78, 5) is 12.2. The van der Waals surface area contributed by atoms with Gasteiger partial charge in [0.25, 0.3) is 5.91 Å². The summed E-state index contributed by atoms with van der Waals surface area (Å²) in [5, 5.41) is 2.99. The molecule has 0 radical (unpaired) electrons. The normalized spacial score (nSPS) is 15.9. The molecule has 0 aliphatic heterocycles. The molecule has 2 rings (SSSR count). The van der Waals surface area contributed by atoms with E-state index in [0.717, 1.165) is 29.7 Å². The molecule has 0 spiro atoms. The van der Waals surface area contributed by atoms with Crippen LogP contribution in [0.2, 0.25) is 0 Å². The van der Waals surface area contributed by atoms with Crippen LogP contribution in [0.1, 0.15) is 49.3 Å². The lowest BCUT2D eigenvalue weighted by molar-refractivity contribution is -0.127. The maximum absolute atomic E-state index is 12.2. The number of carbonyl (C=O) groups is 1. The predicted molar refractivity (Wildman–Crippen MR) is 90.3 cm³/mol. The number of aryl methyl sites for hydroxylation is 2. The van der Waals surface area contributed by atoms with Gasteiger partial charge in [0, 0.05) is 6.54 Å². The fourth-order valence-electron chi connectivity index (χ4n) is 2.78. The third-order valence-electron chi connectivity index (χ3n) is 4.31. The van der Waals surface area contributed by atoms with Crippen molar-refractivity contribution in [2.24, 2.45) is 0 Å². The monoisotopic (exact) mass is 301 g/mol. The van der Waals surface area contributed by atoms with Gasteiger partial charge in [-0.15, -0.1) is 0 Å². The maximum Gasteiger partial charge on any atom is 0.261 e. The topological polar surface area (TPSA) is 38.3 Å². The first-order valence-corrected chi connectivity index (χ1v) is 8.17. The molecule has 3 heteroatoms. The van der Waals surface area contributed by atoms with Crippen LogP contribution in [0.5, 0.6) is 5.75 Å². The van der Waals surface area contributed by atoms with Gasteiger partial charge in [0.1, 0.15) is 5.75 Å². The van der Waals surface area contributed by atoms with E-state index in [1.165, 1.54) is 24.0 Å². The number of hydrogen-bond donors (Lipinski definition) is 1. The van der Waals surface area contributed by atoms with E-state index in [1.54, 1.807) is 0 Å². The van der Waals surface area contributed by atoms with Crippen molar-refractivity contribution in [1.29, 1.82) is 0 Å². The summed E-state index contributed by atoms with van der Waals surface area (Å²) >= 11 is 0. The van der Waals surface area contributed by atoms with Crippen LogP contribution in [0.3, 0.4) is 0 Å². The molecule has 0 bridgehead atoms. The number of nitrogens with one attached hydrogen (secondary N) is 1. The van der Waals surface area contributed by atoms with E-state index in [4.69, 9.17) is 4.74 Å². The molecule has 0 fully saturated rings. The second kappa shape index (κ2) is 7.48. The van der Waals surface area contributed by atoms with Gasteiger partial charge in [0.15, 0.2) is 6.10 Å². The highest BCUT2D eigenvalue weighted by atomic mass is 16.5. The lowest BCUT2D eigenvalue weighted by Crippen LogP contribution is -2.37. The fraction of sp³-hybridized carbons (Fsp3) is 0.526. The van der Waals surface area contributed by atoms with Crippen LogP contribution in [0.25, 0.3) is 0 Å². The zero-order valence-electron chi connectivity index (χ0n) is 14.2. The highest BCUT2D eigenvalue weighted by molar-refractivity contribution is 5.81. The Bertz CT molecular complexity index is 575. The van der Waals surface area contributed by atoms with Crippen molar-refractivity contribution in [1.82, 2.24) is 5.32 Å². The minimum atomic E-state index is -0.482. The molecule has 0 unspecified atom stereocenters. The molecular weight excluding hydrogens is 274 g/mol. The molecule has 1 aliphatic rings. The average Bonchev–Trinajstić information content (AvgIpc) is 2.50. The van der Waals surface area contributed by atoms with Gasteiger partial charge in [0.05, 0.1) is 0 Å². The minimum absolute atomic E-state index is 0.0509. The highest BCUT2D eigenvalue weighted by Gasteiger charge is 2.16. The number of hydrogen-bond acceptors (Lipinski definition) is 2. The fourth-order valence-corrected chi connectivity index (χ4v) is 2.78. The number of benzene rings is 1. The molecule has 1 aliphatic carbocycles. The van der Waals surface area contributed by atoms with Gasteiger partial charge in [-0.25, -0.2) is 0 Å². The lowest BCUT2D eigenvalue weighted by Gasteiger charge is -2.19. The molecular formula is C19H27NO2. The van der Waals surface area contributed by atoms with E-state index < -0.39 is 6.10 Å². The van der Waals surface area contributed by atoms with Crippen molar-refractivity contribution in [3.63, 3.8) is 0 Å². The highest BCUT2D eigenvalue weighted by Crippen LogP contribution is 2.24. The Hall–Kier alpha value is -1.77. The average molecular weight is 301 g/mol. The Kier molecular flexibility index (Phi) is 5.64. The minimum Gasteiger partial charge on any atom is -0.481 e. The summed E-state index contributed by atoms with van der Waals surface area (Å²) in [5.41, 5.74) is 4.78. The smallest absolute Gasteiger partial charge is 0.261 e. The Morgan fingerprint density at radius 3 is 2.73 bits per heavy atom. The van der Waals surface area contributed by atoms with Gasteiger partial charge in [-0.3, -0.25) is 4.79 Å². The van der Waals surface area contributed by atoms with Crippen LogP contribution in [-0.2, 0) is 4.79 Å². The van der Waals surface area contributed by atoms with Gasteiger partial charge in [-0.05, 0) is 76.1 Å². The largest absolute Gasteiger partial charge is 0.481 e. The van der Waals surface area contributed by atoms with E-state index >= 15 is 0 Å². The molecule has 1 aromatic rings. The zero-order valence-corrected chi connectivity index (χ0v) is 14.2. The molecule has 22 heavy (non-hydrogen) atoms. The van der Waals surface area contributed by atoms with E-state index in [-0.39, 0.29) is 5.91 Å². The van der Waals surface area contributed by atoms with Crippen LogP contribution >= 0.6 is 0 Å². The number of rotatable bonds is 5. The molecule has 0 saturated heterocycles. The van der Waals surface area contributed by atoms with Crippen molar-refractivity contribution < 1.29 is 9.53 Å². The number of carbonyl (C=O) groups excluding carboxylic acids is 1. The molecule has 1 aromatic carbocycles. The standard InChI is InChI=1S/C19H27NO2/c1-13-10-14(2)15(3)18(11-13)22-16(4)19(21)20-12-17-8-6-5-7-9-17/h8,10-11,16H,5-7,9,12H2,1-4H3,(H,20,21)/t16-/m0/s1. The SMILES string of the molecule is Cc1cc(C)c(C)c(O[C@@H](C)C(=O)NCC2=CCCCC2)c1. The van der Waals surface area contributed by atoms with Crippen LogP contribution in [0.4, 0.5) is 0 Å². The third-order valence-corrected chi connectivity index (χ3v) is 4.31. The van der Waals surface area contributed by atoms with Crippen LogP contribution < -0.4 is 10.1 Å². The van der Waals surface area contributed by atoms with E-state index in [1.807, 2.05) is 26.8 Å². The van der Waals surface area contributed by atoms with Crippen LogP contribution in [0.15, 0.2) is 23.8 Å². The van der Waals surface area contributed by atoms with E-state index in [0.29, 0.717) is 6.54 Å². The predicted octanol–water partition coefficient (Wildman–Crippen LogP) is 4.00. The summed E-state index contributed by atoms with van der Waals surface area (Å²) in [5.74, 6) is 0.752. The van der Waals surface area contributed by atoms with Crippen LogP contribution in [0, 0.1) is 20.8 Å². The Morgan fingerprint density at radius 1 is 1.27 bits per heavy atom. The van der Waals surface area contributed by atoms with Gasteiger partial charge in [-0.2, -0.15) is 0 Å². The Morgan fingerprint density at radius 2 is 2.05 bits per heavy atom.